The van der Waals surface area contributed by atoms with Crippen LogP contribution in [-0.2, 0) is 49.0 Å². The Kier molecular flexibility index (Phi) is 8.66. The van der Waals surface area contributed by atoms with Gasteiger partial charge in [-0.15, -0.1) is 0 Å². The first-order valence-electron chi connectivity index (χ1n) is 3.17. The Morgan fingerprint density at radius 2 is 1.94 bits per heavy atom. The van der Waals surface area contributed by atoms with Crippen LogP contribution in [-0.4, -0.2) is 30.8 Å². The van der Waals surface area contributed by atoms with Crippen molar-refractivity contribution in [1.82, 2.24) is 0 Å². The number of thiol groups is 2. The summed E-state index contributed by atoms with van der Waals surface area (Å²) < 4.78 is 15.4. The highest BCUT2D eigenvalue weighted by molar-refractivity contribution is 8.67. The van der Waals surface area contributed by atoms with Crippen LogP contribution < -0.4 is 0 Å². The number of aliphatic hydroxyl groups excluding tert-OH is 1. The van der Waals surface area contributed by atoms with Crippen LogP contribution in [0.15, 0.2) is 0 Å². The maximum absolute atomic E-state index is 9.24. The van der Waals surface area contributed by atoms with Crippen LogP contribution >= 0.6 is 42.7 Å². The molecule has 0 saturated carbocycles. The van der Waals surface area contributed by atoms with Crippen LogP contribution in [0.5, 0.6) is 0 Å². The zero-order chi connectivity index (χ0) is 13.0. The van der Waals surface area contributed by atoms with E-state index in [9.17, 15) is 4.89 Å². The van der Waals surface area contributed by atoms with E-state index in [0.29, 0.717) is 0 Å². The highest BCUT2D eigenvalue weighted by Crippen LogP contribution is 2.76. The third-order valence-electron chi connectivity index (χ3n) is 0.667. The molecule has 3 unspecified atom stereocenters. The van der Waals surface area contributed by atoms with Gasteiger partial charge in [0.25, 0.3) is 5.69 Å². The molecule has 5 nitrogen and oxygen atoms in total. The van der Waals surface area contributed by atoms with Gasteiger partial charge < -0.3 is 22.2 Å². The molecule has 0 heterocycles. The number of rotatable bonds is 7. The first-order chi connectivity index (χ1) is 6.97. The SMILES string of the molecule is [BH3-][P+]([S-])(OCCO)OP(=S)(S)OP(O)(=S)S. The maximum Gasteiger partial charge on any atom is 0.285 e. The van der Waals surface area contributed by atoms with Gasteiger partial charge in [0.1, 0.15) is 6.61 Å². The van der Waals surface area contributed by atoms with E-state index >= 15 is 0 Å². The molecule has 0 fully saturated rings. The molecule has 0 amide bonds. The first-order valence-corrected chi connectivity index (χ1v) is 13.0. The molecule has 0 aromatic heterocycles. The Balaban J connectivity index is 4.46. The molecular weight excluding hydrogens is 368 g/mol. The normalized spacial score (nSPS) is 23.1. The van der Waals surface area contributed by atoms with Crippen LogP contribution in [0.2, 0.25) is 0 Å². The molecule has 14 heteroatoms. The summed E-state index contributed by atoms with van der Waals surface area (Å²) in [6.45, 7) is -2.47. The summed E-state index contributed by atoms with van der Waals surface area (Å²) in [5.74, 6) is 0. The Hall–Kier alpha value is 2.64. The molecule has 2 N–H and O–H groups in total. The molecule has 98 valence electrons. The smallest absolute Gasteiger partial charge is 0.285 e. The van der Waals surface area contributed by atoms with Crippen LogP contribution in [0.4, 0.5) is 0 Å². The van der Waals surface area contributed by atoms with Crippen molar-refractivity contribution in [3.8, 4) is 0 Å². The molecule has 0 spiro atoms. The van der Waals surface area contributed by atoms with Crippen molar-refractivity contribution in [2.75, 3.05) is 13.2 Å². The summed E-state index contributed by atoms with van der Waals surface area (Å²) in [6.07, 6.45) is 0. The van der Waals surface area contributed by atoms with Crippen molar-refractivity contribution in [3.05, 3.63) is 0 Å². The maximum atomic E-state index is 9.24. The summed E-state index contributed by atoms with van der Waals surface area (Å²) in [7, 11) is -0.473. The van der Waals surface area contributed by atoms with Crippen molar-refractivity contribution in [3.63, 3.8) is 0 Å². The van der Waals surface area contributed by atoms with E-state index in [2.05, 4.69) is 36.3 Å². The van der Waals surface area contributed by atoms with Gasteiger partial charge in [0, 0.05) is 0 Å². The van der Waals surface area contributed by atoms with E-state index in [4.69, 9.17) is 42.3 Å². The molecular formula is C2H11BO5P3S5-. The molecule has 0 aliphatic rings. The summed E-state index contributed by atoms with van der Waals surface area (Å²) in [5.41, 5.74) is -6.26. The molecule has 0 aliphatic carbocycles. The Morgan fingerprint density at radius 3 is 2.31 bits per heavy atom. The zero-order valence-corrected chi connectivity index (χ0v) is 13.9. The van der Waals surface area contributed by atoms with E-state index in [-0.39, 0.29) is 13.2 Å². The monoisotopic (exact) mass is 379 g/mol. The first kappa shape index (κ1) is 18.6. The predicted octanol–water partition coefficient (Wildman–Crippen LogP) is 0.919. The standard InChI is InChI=1S/C2H11BO5P3S5/c3-9(12,6-2-1-4)7-11(15,16)8-10(5,13)14/h4H,1-2H2,3H3,(H,15,16)(H2,5,13,14)/q-1. The van der Waals surface area contributed by atoms with E-state index < -0.39 is 25.7 Å². The summed E-state index contributed by atoms with van der Waals surface area (Å²) >= 11 is 22.3. The van der Waals surface area contributed by atoms with E-state index in [1.54, 1.807) is 0 Å². The molecule has 0 aromatic carbocycles. The van der Waals surface area contributed by atoms with Gasteiger partial charge in [-0.25, -0.2) is 4.31 Å². The van der Waals surface area contributed by atoms with Crippen molar-refractivity contribution in [1.29, 1.82) is 0 Å². The average molecular weight is 379 g/mol. The minimum absolute atomic E-state index is 0.0953. The van der Waals surface area contributed by atoms with Gasteiger partial charge in [0.2, 0.25) is 5.69 Å². The minimum Gasteiger partial charge on any atom is -0.543 e. The summed E-state index contributed by atoms with van der Waals surface area (Å²) in [5, 5.41) is 8.60. The highest BCUT2D eigenvalue weighted by Gasteiger charge is 2.29. The molecule has 0 aromatic rings. The third kappa shape index (κ3) is 10.6. The Morgan fingerprint density at radius 1 is 1.44 bits per heavy atom. The lowest BCUT2D eigenvalue weighted by molar-refractivity contribution is 0.205. The second kappa shape index (κ2) is 7.43. The number of hydrogen-bond donors (Lipinski definition) is 4. The molecule has 0 aliphatic heterocycles. The van der Waals surface area contributed by atoms with Gasteiger partial charge in [-0.2, -0.15) is 0 Å². The summed E-state index contributed by atoms with van der Waals surface area (Å²) in [6, 6.07) is 0. The van der Waals surface area contributed by atoms with Gasteiger partial charge in [-0.1, -0.05) is 24.5 Å². The molecule has 0 bridgehead atoms. The lowest BCUT2D eigenvalue weighted by Crippen LogP contribution is -2.03. The number of hydrogen-bond acceptors (Lipinski definition) is 7. The fraction of sp³-hybridized carbons (Fsp3) is 1.00. The number of aliphatic hydroxyl groups is 1. The van der Waals surface area contributed by atoms with Gasteiger partial charge in [-0.05, 0) is 30.4 Å². The third-order valence-corrected chi connectivity index (χ3v) is 8.78. The van der Waals surface area contributed by atoms with Crippen LogP contribution in [0.1, 0.15) is 0 Å². The van der Waals surface area contributed by atoms with Crippen molar-refractivity contribution in [2.24, 2.45) is 0 Å². The van der Waals surface area contributed by atoms with Crippen molar-refractivity contribution in [2.45, 2.75) is 0 Å². The molecule has 16 heavy (non-hydrogen) atoms. The average Bonchev–Trinajstić information content (AvgIpc) is 1.93. The fourth-order valence-corrected chi connectivity index (χ4v) is 11.3. The largest absolute Gasteiger partial charge is 0.543 e. The Bertz CT molecular complexity index is 319. The van der Waals surface area contributed by atoms with Crippen LogP contribution in [0, 0.1) is 0 Å². The zero-order valence-electron chi connectivity index (χ0n) is 6.99. The highest BCUT2D eigenvalue weighted by atomic mass is 32.9. The molecule has 0 rings (SSSR count). The van der Waals surface area contributed by atoms with Gasteiger partial charge in [0.05, 0.1) is 6.61 Å². The summed E-state index contributed by atoms with van der Waals surface area (Å²) in [4.78, 5) is 9.24. The second-order valence-corrected chi connectivity index (χ2v) is 14.5. The van der Waals surface area contributed by atoms with Gasteiger partial charge in [-0.3, -0.25) is 8.83 Å². The van der Waals surface area contributed by atoms with Crippen molar-refractivity contribution < 1.29 is 23.1 Å². The van der Waals surface area contributed by atoms with Crippen molar-refractivity contribution >= 4 is 86.1 Å². The van der Waals surface area contributed by atoms with E-state index in [1.807, 2.05) is 0 Å². The molecule has 0 radical (unpaired) electrons. The molecule has 3 atom stereocenters. The second-order valence-electron chi connectivity index (χ2n) is 1.90. The lowest BCUT2D eigenvalue weighted by Gasteiger charge is -2.35. The van der Waals surface area contributed by atoms with Gasteiger partial charge in [0.15, 0.2) is 7.57 Å². The van der Waals surface area contributed by atoms with Gasteiger partial charge >= 0.3 is 0 Å². The fourth-order valence-electron chi connectivity index (χ4n) is 0.372. The topological polar surface area (TPSA) is 68.2 Å². The predicted molar refractivity (Wildman–Crippen MR) is 88.2 cm³/mol. The minimum atomic E-state index is -3.23. The lowest BCUT2D eigenvalue weighted by atomic mass is 10.8. The Labute approximate surface area is 122 Å². The molecule has 0 saturated heterocycles. The quantitative estimate of drug-likeness (QED) is 0.226. The van der Waals surface area contributed by atoms with E-state index in [1.165, 1.54) is 0 Å². The van der Waals surface area contributed by atoms with Crippen LogP contribution in [0.25, 0.3) is 0 Å². The van der Waals surface area contributed by atoms with E-state index in [0.717, 1.165) is 0 Å². The van der Waals surface area contributed by atoms with Crippen LogP contribution in [0.3, 0.4) is 0 Å².